The monoisotopic (exact) mass is 374 g/mol. The van der Waals surface area contributed by atoms with Gasteiger partial charge in [-0.2, -0.15) is 0 Å². The second-order valence-electron chi connectivity index (χ2n) is 7.52. The molecule has 1 saturated carbocycles. The first-order chi connectivity index (χ1) is 12.9. The molecule has 8 heteroatoms. The van der Waals surface area contributed by atoms with Crippen molar-refractivity contribution in [2.24, 2.45) is 11.7 Å². The highest BCUT2D eigenvalue weighted by molar-refractivity contribution is 5.97. The molecule has 1 aliphatic carbocycles. The van der Waals surface area contributed by atoms with Crippen LogP contribution < -0.4 is 5.73 Å². The number of aromatic nitrogens is 2. The van der Waals surface area contributed by atoms with Crippen LogP contribution in [0.25, 0.3) is 11.0 Å². The SMILES string of the molecule is CC(C)[C@H](N)C(=O)OC1CCC(N(C)C(=O)c2ccc3nonc3c2)CC1. The number of rotatable bonds is 5. The van der Waals surface area contributed by atoms with Crippen LogP contribution in [0.4, 0.5) is 0 Å². The minimum absolute atomic E-state index is 0.0508. The molecule has 1 fully saturated rings. The number of carbonyl (C=O) groups is 2. The quantitative estimate of drug-likeness (QED) is 0.798. The molecule has 1 heterocycles. The highest BCUT2D eigenvalue weighted by Gasteiger charge is 2.30. The fourth-order valence-electron chi connectivity index (χ4n) is 3.35. The predicted octanol–water partition coefficient (Wildman–Crippen LogP) is 2.13. The van der Waals surface area contributed by atoms with E-state index in [4.69, 9.17) is 10.5 Å². The summed E-state index contributed by atoms with van der Waals surface area (Å²) >= 11 is 0. The molecule has 3 rings (SSSR count). The fourth-order valence-corrected chi connectivity index (χ4v) is 3.35. The first-order valence-corrected chi connectivity index (χ1v) is 9.32. The van der Waals surface area contributed by atoms with Gasteiger partial charge in [-0.05, 0) is 60.1 Å². The van der Waals surface area contributed by atoms with Gasteiger partial charge in [-0.1, -0.05) is 13.8 Å². The number of amides is 1. The third-order valence-electron chi connectivity index (χ3n) is 5.29. The van der Waals surface area contributed by atoms with Gasteiger partial charge in [0.25, 0.3) is 5.91 Å². The number of nitrogens with two attached hydrogens (primary N) is 1. The molecule has 0 radical (unpaired) electrons. The molecule has 1 amide bonds. The molecular weight excluding hydrogens is 348 g/mol. The minimum atomic E-state index is -0.590. The molecule has 27 heavy (non-hydrogen) atoms. The summed E-state index contributed by atoms with van der Waals surface area (Å²) in [6.07, 6.45) is 2.89. The van der Waals surface area contributed by atoms with Gasteiger partial charge in [0, 0.05) is 18.7 Å². The van der Waals surface area contributed by atoms with Crippen molar-refractivity contribution in [1.82, 2.24) is 15.2 Å². The van der Waals surface area contributed by atoms with E-state index in [1.807, 2.05) is 13.8 Å². The topological polar surface area (TPSA) is 112 Å². The Morgan fingerprint density at radius 3 is 2.52 bits per heavy atom. The first-order valence-electron chi connectivity index (χ1n) is 9.32. The maximum absolute atomic E-state index is 12.8. The number of fused-ring (bicyclic) bond motifs is 1. The Kier molecular flexibility index (Phi) is 5.74. The van der Waals surface area contributed by atoms with Crippen molar-refractivity contribution >= 4 is 22.9 Å². The lowest BCUT2D eigenvalue weighted by Crippen LogP contribution is -2.43. The third-order valence-corrected chi connectivity index (χ3v) is 5.29. The molecule has 0 aliphatic heterocycles. The molecule has 1 aliphatic rings. The number of hydrogen-bond acceptors (Lipinski definition) is 7. The van der Waals surface area contributed by atoms with E-state index in [1.165, 1.54) is 0 Å². The number of hydrogen-bond donors (Lipinski definition) is 1. The Morgan fingerprint density at radius 1 is 1.19 bits per heavy atom. The molecule has 2 N–H and O–H groups in total. The first kappa shape index (κ1) is 19.3. The second kappa shape index (κ2) is 8.04. The predicted molar refractivity (Wildman–Crippen MR) is 98.8 cm³/mol. The van der Waals surface area contributed by atoms with Crippen molar-refractivity contribution in [3.8, 4) is 0 Å². The molecule has 1 aromatic carbocycles. The summed E-state index contributed by atoms with van der Waals surface area (Å²) in [6, 6.07) is 4.66. The van der Waals surface area contributed by atoms with E-state index in [1.54, 1.807) is 30.1 Å². The van der Waals surface area contributed by atoms with Crippen LogP contribution >= 0.6 is 0 Å². The third kappa shape index (κ3) is 4.27. The highest BCUT2D eigenvalue weighted by atomic mass is 16.6. The summed E-state index contributed by atoms with van der Waals surface area (Å²) in [6.45, 7) is 3.80. The number of carbonyl (C=O) groups excluding carboxylic acids is 2. The van der Waals surface area contributed by atoms with Crippen molar-refractivity contribution in [2.75, 3.05) is 7.05 Å². The fraction of sp³-hybridized carbons (Fsp3) is 0.579. The summed E-state index contributed by atoms with van der Waals surface area (Å²) in [7, 11) is 1.80. The van der Waals surface area contributed by atoms with Crippen LogP contribution in [0.15, 0.2) is 22.8 Å². The lowest BCUT2D eigenvalue weighted by Gasteiger charge is -2.35. The minimum Gasteiger partial charge on any atom is -0.461 e. The Balaban J connectivity index is 1.55. The lowest BCUT2D eigenvalue weighted by atomic mass is 9.91. The van der Waals surface area contributed by atoms with Gasteiger partial charge in [0.2, 0.25) is 0 Å². The molecule has 2 aromatic rings. The molecular formula is C19H26N4O4. The van der Waals surface area contributed by atoms with Crippen molar-refractivity contribution < 1.29 is 19.0 Å². The van der Waals surface area contributed by atoms with Crippen LogP contribution in [-0.4, -0.2) is 52.3 Å². The largest absolute Gasteiger partial charge is 0.461 e. The van der Waals surface area contributed by atoms with Crippen LogP contribution in [0.5, 0.6) is 0 Å². The molecule has 0 bridgehead atoms. The van der Waals surface area contributed by atoms with Crippen LogP contribution in [0.2, 0.25) is 0 Å². The van der Waals surface area contributed by atoms with Crippen molar-refractivity contribution in [2.45, 2.75) is 57.7 Å². The summed E-state index contributed by atoms with van der Waals surface area (Å²) < 4.78 is 10.2. The number of nitrogens with zero attached hydrogens (tertiary/aromatic N) is 3. The second-order valence-corrected chi connectivity index (χ2v) is 7.52. The summed E-state index contributed by atoms with van der Waals surface area (Å²) in [5.41, 5.74) is 7.58. The van der Waals surface area contributed by atoms with Crippen LogP contribution in [0.1, 0.15) is 49.9 Å². The normalized spacial score (nSPS) is 21.2. The van der Waals surface area contributed by atoms with E-state index < -0.39 is 6.04 Å². The Hall–Kier alpha value is -2.48. The van der Waals surface area contributed by atoms with E-state index in [0.29, 0.717) is 16.6 Å². The van der Waals surface area contributed by atoms with Gasteiger partial charge < -0.3 is 15.4 Å². The molecule has 0 spiro atoms. The summed E-state index contributed by atoms with van der Waals surface area (Å²) in [5, 5.41) is 7.53. The Labute approximate surface area is 158 Å². The maximum atomic E-state index is 12.8. The zero-order valence-corrected chi connectivity index (χ0v) is 15.9. The Bertz CT molecular complexity index is 811. The van der Waals surface area contributed by atoms with E-state index in [2.05, 4.69) is 14.9 Å². The maximum Gasteiger partial charge on any atom is 0.323 e. The van der Waals surface area contributed by atoms with Crippen LogP contribution in [-0.2, 0) is 9.53 Å². The number of benzene rings is 1. The average molecular weight is 374 g/mol. The average Bonchev–Trinajstić information content (AvgIpc) is 3.14. The number of ether oxygens (including phenoxy) is 1. The van der Waals surface area contributed by atoms with Gasteiger partial charge >= 0.3 is 5.97 Å². The van der Waals surface area contributed by atoms with Crippen LogP contribution in [0.3, 0.4) is 0 Å². The summed E-state index contributed by atoms with van der Waals surface area (Å²) in [4.78, 5) is 26.6. The zero-order valence-electron chi connectivity index (χ0n) is 15.9. The molecule has 146 valence electrons. The highest BCUT2D eigenvalue weighted by Crippen LogP contribution is 2.26. The van der Waals surface area contributed by atoms with Crippen molar-refractivity contribution in [1.29, 1.82) is 0 Å². The molecule has 1 atom stereocenters. The van der Waals surface area contributed by atoms with Crippen molar-refractivity contribution in [3.05, 3.63) is 23.8 Å². The standard InChI is InChI=1S/C19H26N4O4/c1-11(2)17(20)19(25)26-14-7-5-13(6-8-14)23(3)18(24)12-4-9-15-16(10-12)22-27-21-15/h4,9-11,13-14,17H,5-8,20H2,1-3H3/t13?,14?,17-/m0/s1. The van der Waals surface area contributed by atoms with E-state index in [0.717, 1.165) is 25.7 Å². The van der Waals surface area contributed by atoms with E-state index in [9.17, 15) is 9.59 Å². The van der Waals surface area contributed by atoms with Gasteiger partial charge in [0.05, 0.1) is 0 Å². The van der Waals surface area contributed by atoms with E-state index in [-0.39, 0.29) is 29.9 Å². The Morgan fingerprint density at radius 2 is 1.85 bits per heavy atom. The van der Waals surface area contributed by atoms with Gasteiger partial charge in [-0.3, -0.25) is 9.59 Å². The van der Waals surface area contributed by atoms with Gasteiger partial charge in [0.15, 0.2) is 0 Å². The van der Waals surface area contributed by atoms with Crippen LogP contribution in [0, 0.1) is 5.92 Å². The van der Waals surface area contributed by atoms with Gasteiger partial charge in [-0.15, -0.1) is 0 Å². The lowest BCUT2D eigenvalue weighted by molar-refractivity contribution is -0.153. The molecule has 1 aromatic heterocycles. The van der Waals surface area contributed by atoms with E-state index >= 15 is 0 Å². The summed E-state index contributed by atoms with van der Waals surface area (Å²) in [5.74, 6) is -0.357. The van der Waals surface area contributed by atoms with Gasteiger partial charge in [0.1, 0.15) is 23.2 Å². The number of esters is 1. The molecule has 8 nitrogen and oxygen atoms in total. The smallest absolute Gasteiger partial charge is 0.323 e. The van der Waals surface area contributed by atoms with Gasteiger partial charge in [-0.25, -0.2) is 4.63 Å². The zero-order chi connectivity index (χ0) is 19.6. The van der Waals surface area contributed by atoms with Crippen molar-refractivity contribution in [3.63, 3.8) is 0 Å². The molecule has 0 saturated heterocycles. The molecule has 0 unspecified atom stereocenters.